The first-order valence-corrected chi connectivity index (χ1v) is 5.81. The predicted molar refractivity (Wildman–Crippen MR) is 71.3 cm³/mol. The average Bonchev–Trinajstić information content (AvgIpc) is 2.46. The van der Waals surface area contributed by atoms with Crippen LogP contribution in [0.1, 0.15) is 15.9 Å². The lowest BCUT2D eigenvalue weighted by Crippen LogP contribution is -2.19. The summed E-state index contributed by atoms with van der Waals surface area (Å²) in [5, 5.41) is 0. The minimum absolute atomic E-state index is 0.102. The molecule has 2 aromatic rings. The van der Waals surface area contributed by atoms with Crippen molar-refractivity contribution in [3.63, 3.8) is 0 Å². The van der Waals surface area contributed by atoms with Crippen LogP contribution >= 0.6 is 0 Å². The first-order chi connectivity index (χ1) is 8.81. The van der Waals surface area contributed by atoms with Crippen LogP contribution in [-0.4, -0.2) is 11.8 Å². The monoisotopic (exact) mass is 235 g/mol. The molecule has 1 unspecified atom stereocenters. The van der Waals surface area contributed by atoms with Gasteiger partial charge in [0.25, 0.3) is 6.04 Å². The molecule has 0 N–H and O–H groups in total. The number of hydrogen-bond acceptors (Lipinski definition) is 1. The Kier molecular flexibility index (Phi) is 3.88. The highest BCUT2D eigenvalue weighted by atomic mass is 16.1. The summed E-state index contributed by atoms with van der Waals surface area (Å²) in [6, 6.07) is 18.0. The number of hydrogen-bond donors (Lipinski definition) is 0. The van der Waals surface area contributed by atoms with Gasteiger partial charge in [0.15, 0.2) is 0 Å². The lowest BCUT2D eigenvalue weighted by Gasteiger charge is -2.05. The van der Waals surface area contributed by atoms with E-state index in [0.717, 1.165) is 5.56 Å². The van der Waals surface area contributed by atoms with Gasteiger partial charge < -0.3 is 4.85 Å². The van der Waals surface area contributed by atoms with Crippen LogP contribution in [0.3, 0.4) is 0 Å². The summed E-state index contributed by atoms with van der Waals surface area (Å²) in [7, 11) is 0. The van der Waals surface area contributed by atoms with Crippen molar-refractivity contribution < 1.29 is 4.79 Å². The molecule has 0 heterocycles. The molecule has 0 radical (unpaired) electrons. The second-order valence-corrected chi connectivity index (χ2v) is 4.06. The minimum Gasteiger partial charge on any atom is -0.304 e. The Morgan fingerprint density at radius 3 is 2.11 bits per heavy atom. The Morgan fingerprint density at radius 1 is 1.00 bits per heavy atom. The van der Waals surface area contributed by atoms with Gasteiger partial charge in [0, 0.05) is 5.56 Å². The maximum atomic E-state index is 12.2. The standard InChI is InChI=1S/C16H13NO/c1-17-15(12-13-8-4-2-5-9-13)16(18)14-10-6-3-7-11-14/h2-11,15H,12H2. The third-order valence-electron chi connectivity index (χ3n) is 2.79. The number of benzene rings is 2. The molecule has 2 nitrogen and oxygen atoms in total. The molecule has 0 amide bonds. The smallest absolute Gasteiger partial charge is 0.289 e. The number of Topliss-reactive ketones (excluding diaryl/α,β-unsaturated/α-hetero) is 1. The van der Waals surface area contributed by atoms with Crippen molar-refractivity contribution in [2.24, 2.45) is 0 Å². The van der Waals surface area contributed by atoms with E-state index in [1.165, 1.54) is 0 Å². The quantitative estimate of drug-likeness (QED) is 0.588. The molecule has 0 fully saturated rings. The molecule has 2 heteroatoms. The lowest BCUT2D eigenvalue weighted by molar-refractivity contribution is 0.0975. The van der Waals surface area contributed by atoms with E-state index in [4.69, 9.17) is 6.57 Å². The second-order valence-electron chi connectivity index (χ2n) is 4.06. The van der Waals surface area contributed by atoms with E-state index < -0.39 is 6.04 Å². The van der Waals surface area contributed by atoms with E-state index in [0.29, 0.717) is 12.0 Å². The first kappa shape index (κ1) is 12.1. The highest BCUT2D eigenvalue weighted by Crippen LogP contribution is 2.12. The van der Waals surface area contributed by atoms with Crippen LogP contribution in [-0.2, 0) is 6.42 Å². The number of carbonyl (C=O) groups excluding carboxylic acids is 1. The van der Waals surface area contributed by atoms with Crippen LogP contribution in [0.4, 0.5) is 0 Å². The van der Waals surface area contributed by atoms with Crippen LogP contribution in [0.2, 0.25) is 0 Å². The van der Waals surface area contributed by atoms with Crippen molar-refractivity contribution in [2.45, 2.75) is 12.5 Å². The van der Waals surface area contributed by atoms with E-state index >= 15 is 0 Å². The van der Waals surface area contributed by atoms with E-state index in [1.807, 2.05) is 48.5 Å². The summed E-state index contributed by atoms with van der Waals surface area (Å²) in [6.07, 6.45) is 0.470. The Morgan fingerprint density at radius 2 is 1.56 bits per heavy atom. The molecule has 0 bridgehead atoms. The fraction of sp³-hybridized carbons (Fsp3) is 0.125. The van der Waals surface area contributed by atoms with Gasteiger partial charge in [0.1, 0.15) is 0 Å². The van der Waals surface area contributed by atoms with Crippen molar-refractivity contribution in [3.8, 4) is 0 Å². The van der Waals surface area contributed by atoms with Crippen LogP contribution < -0.4 is 0 Å². The largest absolute Gasteiger partial charge is 0.304 e. The zero-order chi connectivity index (χ0) is 12.8. The summed E-state index contributed by atoms with van der Waals surface area (Å²) >= 11 is 0. The maximum Gasteiger partial charge on any atom is 0.289 e. The predicted octanol–water partition coefficient (Wildman–Crippen LogP) is 3.40. The van der Waals surface area contributed by atoms with Crippen molar-refractivity contribution >= 4 is 5.78 Å². The summed E-state index contributed by atoms with van der Waals surface area (Å²) in [4.78, 5) is 15.6. The van der Waals surface area contributed by atoms with Gasteiger partial charge in [0.2, 0.25) is 5.78 Å². The number of ketones is 1. The molecule has 0 spiro atoms. The van der Waals surface area contributed by atoms with Gasteiger partial charge in [-0.05, 0) is 5.56 Å². The SMILES string of the molecule is [C-]#[N+]C(Cc1ccccc1)C(=O)c1ccccc1. The van der Waals surface area contributed by atoms with Crippen LogP contribution in [0.5, 0.6) is 0 Å². The molecule has 0 aliphatic rings. The fourth-order valence-electron chi connectivity index (χ4n) is 1.83. The summed E-state index contributed by atoms with van der Waals surface area (Å²) in [5.74, 6) is -0.102. The third kappa shape index (κ3) is 2.83. The fourth-order valence-corrected chi connectivity index (χ4v) is 1.83. The molecule has 2 rings (SSSR count). The zero-order valence-corrected chi connectivity index (χ0v) is 9.91. The summed E-state index contributed by atoms with van der Waals surface area (Å²) in [6.45, 7) is 7.19. The van der Waals surface area contributed by atoms with Crippen LogP contribution in [0.25, 0.3) is 4.85 Å². The molecule has 0 saturated heterocycles. The molecular weight excluding hydrogens is 222 g/mol. The number of carbonyl (C=O) groups is 1. The maximum absolute atomic E-state index is 12.2. The molecule has 0 saturated carbocycles. The third-order valence-corrected chi connectivity index (χ3v) is 2.79. The molecule has 1 atom stereocenters. The highest BCUT2D eigenvalue weighted by molar-refractivity contribution is 6.01. The Hall–Kier alpha value is -2.40. The minimum atomic E-state index is -0.630. The number of rotatable bonds is 4. The lowest BCUT2D eigenvalue weighted by atomic mass is 9.98. The normalized spacial score (nSPS) is 11.5. The van der Waals surface area contributed by atoms with E-state index in [1.54, 1.807) is 12.1 Å². The zero-order valence-electron chi connectivity index (χ0n) is 9.91. The molecule has 0 aliphatic heterocycles. The topological polar surface area (TPSA) is 21.4 Å². The van der Waals surface area contributed by atoms with E-state index in [-0.39, 0.29) is 5.78 Å². The van der Waals surface area contributed by atoms with Gasteiger partial charge in [-0.25, -0.2) is 6.57 Å². The van der Waals surface area contributed by atoms with Gasteiger partial charge in [-0.1, -0.05) is 60.7 Å². The summed E-state index contributed by atoms with van der Waals surface area (Å²) in [5.41, 5.74) is 1.62. The van der Waals surface area contributed by atoms with Gasteiger partial charge in [-0.2, -0.15) is 0 Å². The molecule has 18 heavy (non-hydrogen) atoms. The van der Waals surface area contributed by atoms with Crippen molar-refractivity contribution in [2.75, 3.05) is 0 Å². The molecule has 0 aliphatic carbocycles. The first-order valence-electron chi connectivity index (χ1n) is 5.81. The molecular formula is C16H13NO. The Balaban J connectivity index is 2.16. The van der Waals surface area contributed by atoms with Crippen molar-refractivity contribution in [1.82, 2.24) is 0 Å². The van der Waals surface area contributed by atoms with Crippen LogP contribution in [0.15, 0.2) is 60.7 Å². The highest BCUT2D eigenvalue weighted by Gasteiger charge is 2.24. The van der Waals surface area contributed by atoms with Gasteiger partial charge >= 0.3 is 0 Å². The van der Waals surface area contributed by atoms with Crippen molar-refractivity contribution in [3.05, 3.63) is 83.2 Å². The summed E-state index contributed by atoms with van der Waals surface area (Å²) < 4.78 is 0. The van der Waals surface area contributed by atoms with E-state index in [9.17, 15) is 4.79 Å². The average molecular weight is 235 g/mol. The molecule has 88 valence electrons. The van der Waals surface area contributed by atoms with Crippen molar-refractivity contribution in [1.29, 1.82) is 0 Å². The molecule has 0 aromatic heterocycles. The van der Waals surface area contributed by atoms with Crippen LogP contribution in [0, 0.1) is 6.57 Å². The Bertz CT molecular complexity index is 555. The Labute approximate surface area is 107 Å². The van der Waals surface area contributed by atoms with Gasteiger partial charge in [-0.3, -0.25) is 4.79 Å². The van der Waals surface area contributed by atoms with Gasteiger partial charge in [-0.15, -0.1) is 0 Å². The molecule has 2 aromatic carbocycles. The number of nitrogens with zero attached hydrogens (tertiary/aromatic N) is 1. The van der Waals surface area contributed by atoms with Gasteiger partial charge in [0.05, 0.1) is 6.42 Å². The van der Waals surface area contributed by atoms with E-state index in [2.05, 4.69) is 4.85 Å². The second kappa shape index (κ2) is 5.79.